The van der Waals surface area contributed by atoms with Gasteiger partial charge in [-0.3, -0.25) is 0 Å². The van der Waals surface area contributed by atoms with Gasteiger partial charge in [-0.25, -0.2) is 4.79 Å². The van der Waals surface area contributed by atoms with Gasteiger partial charge in [0.1, 0.15) is 11.4 Å². The van der Waals surface area contributed by atoms with Crippen molar-refractivity contribution in [3.63, 3.8) is 0 Å². The van der Waals surface area contributed by atoms with E-state index in [1.54, 1.807) is 13.2 Å². The lowest BCUT2D eigenvalue weighted by atomic mass is 10.1. The largest absolute Gasteiger partial charge is 0.496 e. The van der Waals surface area contributed by atoms with Gasteiger partial charge in [0.05, 0.1) is 14.2 Å². The molecule has 0 amide bonds. The average molecular weight is 288 g/mol. The first kappa shape index (κ1) is 15.1. The molecule has 112 valence electrons. The average Bonchev–Trinajstić information content (AvgIpc) is 3.00. The third-order valence-electron chi connectivity index (χ3n) is 3.36. The smallest absolute Gasteiger partial charge is 0.354 e. The van der Waals surface area contributed by atoms with Gasteiger partial charge in [0.2, 0.25) is 0 Å². The van der Waals surface area contributed by atoms with Gasteiger partial charge >= 0.3 is 5.97 Å². The molecule has 5 heteroatoms. The first-order chi connectivity index (χ1) is 10.2. The minimum Gasteiger partial charge on any atom is -0.496 e. The van der Waals surface area contributed by atoms with Gasteiger partial charge < -0.3 is 19.8 Å². The van der Waals surface area contributed by atoms with E-state index in [2.05, 4.69) is 22.0 Å². The fraction of sp³-hybridized carbons (Fsp3) is 0.312. The molecule has 0 bridgehead atoms. The van der Waals surface area contributed by atoms with Crippen molar-refractivity contribution in [3.8, 4) is 5.75 Å². The number of carbonyl (C=O) groups excluding carboxylic acids is 1. The highest BCUT2D eigenvalue weighted by molar-refractivity contribution is 5.87. The van der Waals surface area contributed by atoms with Crippen LogP contribution in [-0.2, 0) is 11.3 Å². The van der Waals surface area contributed by atoms with E-state index in [9.17, 15) is 4.79 Å². The van der Waals surface area contributed by atoms with Gasteiger partial charge in [-0.1, -0.05) is 18.2 Å². The van der Waals surface area contributed by atoms with Crippen LogP contribution in [0.4, 0.5) is 0 Å². The minimum atomic E-state index is -0.362. The van der Waals surface area contributed by atoms with Gasteiger partial charge in [-0.15, -0.1) is 0 Å². The van der Waals surface area contributed by atoms with E-state index in [1.807, 2.05) is 30.3 Å². The van der Waals surface area contributed by atoms with E-state index in [0.717, 1.165) is 17.0 Å². The second-order valence-electron chi connectivity index (χ2n) is 4.73. The molecular weight excluding hydrogens is 268 g/mol. The fourth-order valence-electron chi connectivity index (χ4n) is 2.17. The third-order valence-corrected chi connectivity index (χ3v) is 3.36. The molecule has 0 saturated heterocycles. The summed E-state index contributed by atoms with van der Waals surface area (Å²) in [5.74, 6) is 0.498. The number of H-pyrrole nitrogens is 1. The van der Waals surface area contributed by atoms with Crippen LogP contribution in [0.15, 0.2) is 36.4 Å². The van der Waals surface area contributed by atoms with Gasteiger partial charge in [-0.2, -0.15) is 0 Å². The lowest BCUT2D eigenvalue weighted by Gasteiger charge is -2.16. The van der Waals surface area contributed by atoms with Crippen LogP contribution in [0.2, 0.25) is 0 Å². The van der Waals surface area contributed by atoms with Crippen molar-refractivity contribution >= 4 is 5.97 Å². The first-order valence-electron chi connectivity index (χ1n) is 6.78. The summed E-state index contributed by atoms with van der Waals surface area (Å²) in [5, 5.41) is 3.40. The third kappa shape index (κ3) is 3.64. The van der Waals surface area contributed by atoms with E-state index in [-0.39, 0.29) is 12.0 Å². The van der Waals surface area contributed by atoms with E-state index in [1.165, 1.54) is 7.11 Å². The first-order valence-corrected chi connectivity index (χ1v) is 6.78. The number of hydrogen-bond acceptors (Lipinski definition) is 4. The number of carbonyl (C=O) groups is 1. The van der Waals surface area contributed by atoms with E-state index in [0.29, 0.717) is 12.2 Å². The van der Waals surface area contributed by atoms with Crippen molar-refractivity contribution in [1.29, 1.82) is 0 Å². The number of aromatic nitrogens is 1. The van der Waals surface area contributed by atoms with Crippen LogP contribution in [0.25, 0.3) is 0 Å². The Bertz CT molecular complexity index is 607. The molecule has 0 fully saturated rings. The molecule has 5 nitrogen and oxygen atoms in total. The van der Waals surface area contributed by atoms with Crippen LogP contribution in [-0.4, -0.2) is 25.2 Å². The van der Waals surface area contributed by atoms with Crippen molar-refractivity contribution < 1.29 is 14.3 Å². The minimum absolute atomic E-state index is 0.131. The number of aromatic amines is 1. The molecule has 2 aromatic rings. The van der Waals surface area contributed by atoms with Crippen LogP contribution >= 0.6 is 0 Å². The number of ether oxygens (including phenoxy) is 2. The number of hydrogen-bond donors (Lipinski definition) is 2. The molecule has 0 aliphatic heterocycles. The summed E-state index contributed by atoms with van der Waals surface area (Å²) in [5.41, 5.74) is 2.48. The van der Waals surface area contributed by atoms with Crippen molar-refractivity contribution in [2.24, 2.45) is 0 Å². The van der Waals surface area contributed by atoms with Crippen LogP contribution < -0.4 is 10.1 Å². The number of nitrogens with one attached hydrogen (secondary N) is 2. The quantitative estimate of drug-likeness (QED) is 0.802. The molecule has 0 saturated carbocycles. The van der Waals surface area contributed by atoms with Crippen molar-refractivity contribution in [2.45, 2.75) is 19.5 Å². The Balaban J connectivity index is 1.99. The number of para-hydroxylation sites is 1. The van der Waals surface area contributed by atoms with Crippen molar-refractivity contribution in [3.05, 3.63) is 53.3 Å². The zero-order valence-corrected chi connectivity index (χ0v) is 12.5. The van der Waals surface area contributed by atoms with Crippen molar-refractivity contribution in [1.82, 2.24) is 10.3 Å². The lowest BCUT2D eigenvalue weighted by Crippen LogP contribution is -2.19. The summed E-state index contributed by atoms with van der Waals surface area (Å²) >= 11 is 0. The van der Waals surface area contributed by atoms with Crippen LogP contribution in [0.1, 0.15) is 34.7 Å². The summed E-state index contributed by atoms with van der Waals surface area (Å²) in [7, 11) is 3.03. The van der Waals surface area contributed by atoms with Gasteiger partial charge in [0.25, 0.3) is 0 Å². The molecule has 2 rings (SSSR count). The summed E-state index contributed by atoms with van der Waals surface area (Å²) in [4.78, 5) is 14.4. The second-order valence-corrected chi connectivity index (χ2v) is 4.73. The SMILES string of the molecule is COC(=O)c1ccc(CNC(C)c2ccccc2OC)[nH]1. The molecule has 1 atom stereocenters. The van der Waals surface area contributed by atoms with Gasteiger partial charge in [-0.05, 0) is 25.1 Å². The molecule has 1 aromatic carbocycles. The molecule has 0 aliphatic rings. The highest BCUT2D eigenvalue weighted by Crippen LogP contribution is 2.24. The standard InChI is InChI=1S/C16H20N2O3/c1-11(13-6-4-5-7-15(13)20-2)17-10-12-8-9-14(18-12)16(19)21-3/h4-9,11,17-18H,10H2,1-3H3. The predicted octanol–water partition coefficient (Wildman–Crippen LogP) is 2.66. The zero-order chi connectivity index (χ0) is 15.2. The molecule has 21 heavy (non-hydrogen) atoms. The number of methoxy groups -OCH3 is 2. The maximum atomic E-state index is 11.4. The van der Waals surface area contributed by atoms with Gasteiger partial charge in [0.15, 0.2) is 0 Å². The highest BCUT2D eigenvalue weighted by atomic mass is 16.5. The van der Waals surface area contributed by atoms with Crippen molar-refractivity contribution in [2.75, 3.05) is 14.2 Å². The summed E-state index contributed by atoms with van der Waals surface area (Å²) in [6, 6.07) is 11.6. The molecule has 1 unspecified atom stereocenters. The maximum absolute atomic E-state index is 11.4. The van der Waals surface area contributed by atoms with E-state index in [4.69, 9.17) is 4.74 Å². The molecule has 0 aliphatic carbocycles. The number of benzene rings is 1. The Labute approximate surface area is 124 Å². The van der Waals surface area contributed by atoms with Gasteiger partial charge in [0, 0.05) is 23.8 Å². The molecule has 0 spiro atoms. The Kier molecular flexibility index (Phi) is 5.00. The van der Waals surface area contributed by atoms with E-state index >= 15 is 0 Å². The van der Waals surface area contributed by atoms with Crippen LogP contribution in [0.3, 0.4) is 0 Å². The summed E-state index contributed by atoms with van der Waals surface area (Å²) < 4.78 is 10.0. The normalized spacial score (nSPS) is 12.0. The number of esters is 1. The predicted molar refractivity (Wildman–Crippen MR) is 80.4 cm³/mol. The molecule has 1 heterocycles. The lowest BCUT2D eigenvalue weighted by molar-refractivity contribution is 0.0594. The van der Waals surface area contributed by atoms with Crippen LogP contribution in [0.5, 0.6) is 5.75 Å². The Morgan fingerprint density at radius 3 is 2.71 bits per heavy atom. The molecule has 1 aromatic heterocycles. The highest BCUT2D eigenvalue weighted by Gasteiger charge is 2.12. The Hall–Kier alpha value is -2.27. The molecule has 0 radical (unpaired) electrons. The van der Waals surface area contributed by atoms with E-state index < -0.39 is 0 Å². The summed E-state index contributed by atoms with van der Waals surface area (Å²) in [6.45, 7) is 2.69. The summed E-state index contributed by atoms with van der Waals surface area (Å²) in [6.07, 6.45) is 0. The molecular formula is C16H20N2O3. The fourth-order valence-corrected chi connectivity index (χ4v) is 2.17. The maximum Gasteiger partial charge on any atom is 0.354 e. The second kappa shape index (κ2) is 6.95. The molecule has 2 N–H and O–H groups in total. The Morgan fingerprint density at radius 2 is 2.00 bits per heavy atom. The monoisotopic (exact) mass is 288 g/mol. The number of rotatable bonds is 6. The Morgan fingerprint density at radius 1 is 1.24 bits per heavy atom. The topological polar surface area (TPSA) is 63.4 Å². The van der Waals surface area contributed by atoms with Crippen LogP contribution in [0, 0.1) is 0 Å². The zero-order valence-electron chi connectivity index (χ0n) is 12.5.